The van der Waals surface area contributed by atoms with E-state index in [0.717, 1.165) is 4.68 Å². The predicted molar refractivity (Wildman–Crippen MR) is 58.0 cm³/mol. The molecular weight excluding hydrogens is 232 g/mol. The van der Waals surface area contributed by atoms with Crippen LogP contribution < -0.4 is 5.32 Å². The third kappa shape index (κ3) is 5.39. The Bertz CT molecular complexity index is 355. The summed E-state index contributed by atoms with van der Waals surface area (Å²) in [6.07, 6.45) is 0.468. The Morgan fingerprint density at radius 3 is 3.06 bits per heavy atom. The van der Waals surface area contributed by atoms with Gasteiger partial charge in [-0.15, -0.1) is 0 Å². The molecule has 0 aliphatic heterocycles. The van der Waals surface area contributed by atoms with Crippen molar-refractivity contribution in [2.45, 2.75) is 26.3 Å². The number of hydrogen-bond donors (Lipinski definition) is 1. The zero-order chi connectivity index (χ0) is 12.7. The summed E-state index contributed by atoms with van der Waals surface area (Å²) in [5, 5.41) is 6.24. The second-order valence-corrected chi connectivity index (χ2v) is 3.34. The molecule has 0 unspecified atom stereocenters. The number of halogens is 2. The Balaban J connectivity index is 2.35. The Morgan fingerprint density at radius 1 is 1.65 bits per heavy atom. The van der Waals surface area contributed by atoms with Crippen LogP contribution in [0.2, 0.25) is 0 Å². The molecule has 1 aromatic rings. The highest BCUT2D eigenvalue weighted by atomic mass is 19.3. The molecule has 1 N–H and O–H groups in total. The SMILES string of the molecule is CCOCCC(=O)Nc1cnn(CC(F)F)c1. The van der Waals surface area contributed by atoms with Crippen molar-refractivity contribution in [3.05, 3.63) is 12.4 Å². The standard InChI is InChI=1S/C10H15F2N3O2/c1-2-17-4-3-10(16)14-8-5-13-15(6-8)7-9(11)12/h5-6,9H,2-4,7H2,1H3,(H,14,16). The summed E-state index contributed by atoms with van der Waals surface area (Å²) in [5.41, 5.74) is 0.409. The van der Waals surface area contributed by atoms with Crippen LogP contribution in [0.15, 0.2) is 12.4 Å². The van der Waals surface area contributed by atoms with Gasteiger partial charge in [0.1, 0.15) is 6.54 Å². The smallest absolute Gasteiger partial charge is 0.257 e. The van der Waals surface area contributed by atoms with Crippen LogP contribution in [-0.2, 0) is 16.1 Å². The quantitative estimate of drug-likeness (QED) is 0.743. The molecule has 1 amide bonds. The maximum absolute atomic E-state index is 12.0. The van der Waals surface area contributed by atoms with Gasteiger partial charge in [-0.05, 0) is 6.92 Å². The molecule has 1 aromatic heterocycles. The number of nitrogens with zero attached hydrogens (tertiary/aromatic N) is 2. The third-order valence-corrected chi connectivity index (χ3v) is 1.92. The van der Waals surface area contributed by atoms with E-state index in [0.29, 0.717) is 18.9 Å². The van der Waals surface area contributed by atoms with E-state index >= 15 is 0 Å². The number of ether oxygens (including phenoxy) is 1. The number of carbonyl (C=O) groups excluding carboxylic acids is 1. The maximum atomic E-state index is 12.0. The van der Waals surface area contributed by atoms with E-state index in [1.165, 1.54) is 12.4 Å². The van der Waals surface area contributed by atoms with E-state index in [4.69, 9.17) is 4.74 Å². The highest BCUT2D eigenvalue weighted by molar-refractivity contribution is 5.90. The summed E-state index contributed by atoms with van der Waals surface area (Å²) in [6.45, 7) is 2.26. The van der Waals surface area contributed by atoms with Crippen molar-refractivity contribution in [3.63, 3.8) is 0 Å². The van der Waals surface area contributed by atoms with Crippen LogP contribution in [-0.4, -0.2) is 35.3 Å². The molecule has 0 atom stereocenters. The van der Waals surface area contributed by atoms with Crippen LogP contribution in [0.3, 0.4) is 0 Å². The molecule has 0 bridgehead atoms. The summed E-state index contributed by atoms with van der Waals surface area (Å²) in [5.74, 6) is -0.227. The largest absolute Gasteiger partial charge is 0.381 e. The lowest BCUT2D eigenvalue weighted by Gasteiger charge is -2.02. The van der Waals surface area contributed by atoms with Gasteiger partial charge >= 0.3 is 0 Å². The van der Waals surface area contributed by atoms with Gasteiger partial charge in [0.2, 0.25) is 5.91 Å². The second kappa shape index (κ2) is 6.95. The summed E-state index contributed by atoms with van der Waals surface area (Å²) in [4.78, 5) is 11.3. The van der Waals surface area contributed by atoms with Crippen LogP contribution in [0, 0.1) is 0 Å². The fourth-order valence-electron chi connectivity index (χ4n) is 1.20. The first kappa shape index (κ1) is 13.6. The molecule has 0 fully saturated rings. The third-order valence-electron chi connectivity index (χ3n) is 1.92. The Hall–Kier alpha value is -1.50. The van der Waals surface area contributed by atoms with Gasteiger partial charge in [-0.3, -0.25) is 9.48 Å². The first-order chi connectivity index (χ1) is 8.11. The Kier molecular flexibility index (Phi) is 5.55. The number of anilines is 1. The van der Waals surface area contributed by atoms with E-state index < -0.39 is 13.0 Å². The molecule has 0 spiro atoms. The molecule has 5 nitrogen and oxygen atoms in total. The average Bonchev–Trinajstić information content (AvgIpc) is 2.64. The molecular formula is C10H15F2N3O2. The van der Waals surface area contributed by atoms with Crippen molar-refractivity contribution in [3.8, 4) is 0 Å². The summed E-state index contributed by atoms with van der Waals surface area (Å²) >= 11 is 0. The van der Waals surface area contributed by atoms with Crippen molar-refractivity contribution in [1.29, 1.82) is 0 Å². The van der Waals surface area contributed by atoms with Gasteiger partial charge in [0, 0.05) is 12.8 Å². The number of aromatic nitrogens is 2. The van der Waals surface area contributed by atoms with Gasteiger partial charge in [-0.25, -0.2) is 8.78 Å². The van der Waals surface area contributed by atoms with Crippen LogP contribution in [0.1, 0.15) is 13.3 Å². The number of carbonyl (C=O) groups is 1. The number of alkyl halides is 2. The fraction of sp³-hybridized carbons (Fsp3) is 0.600. The predicted octanol–water partition coefficient (Wildman–Crippen LogP) is 1.51. The maximum Gasteiger partial charge on any atom is 0.257 e. The topological polar surface area (TPSA) is 56.1 Å². The zero-order valence-corrected chi connectivity index (χ0v) is 9.53. The van der Waals surface area contributed by atoms with E-state index in [-0.39, 0.29) is 12.3 Å². The first-order valence-electron chi connectivity index (χ1n) is 5.30. The molecule has 17 heavy (non-hydrogen) atoms. The summed E-state index contributed by atoms with van der Waals surface area (Å²) in [6, 6.07) is 0. The molecule has 1 heterocycles. The molecule has 0 radical (unpaired) electrons. The minimum absolute atomic E-state index is 0.227. The molecule has 0 aliphatic rings. The lowest BCUT2D eigenvalue weighted by molar-refractivity contribution is -0.117. The van der Waals surface area contributed by atoms with Gasteiger partial charge in [-0.2, -0.15) is 5.10 Å². The Labute approximate surface area is 97.7 Å². The van der Waals surface area contributed by atoms with Gasteiger partial charge in [-0.1, -0.05) is 0 Å². The first-order valence-corrected chi connectivity index (χ1v) is 5.30. The highest BCUT2D eigenvalue weighted by Gasteiger charge is 2.07. The van der Waals surface area contributed by atoms with E-state index in [1.807, 2.05) is 6.92 Å². The molecule has 0 saturated heterocycles. The number of amides is 1. The van der Waals surface area contributed by atoms with Crippen molar-refractivity contribution >= 4 is 11.6 Å². The van der Waals surface area contributed by atoms with Crippen molar-refractivity contribution in [2.75, 3.05) is 18.5 Å². The normalized spacial score (nSPS) is 10.8. The molecule has 0 aromatic carbocycles. The Morgan fingerprint density at radius 2 is 2.41 bits per heavy atom. The van der Waals surface area contributed by atoms with E-state index in [9.17, 15) is 13.6 Å². The molecule has 7 heteroatoms. The van der Waals surface area contributed by atoms with Gasteiger partial charge in [0.05, 0.1) is 24.9 Å². The average molecular weight is 247 g/mol. The lowest BCUT2D eigenvalue weighted by Crippen LogP contribution is -2.13. The minimum atomic E-state index is -2.46. The van der Waals surface area contributed by atoms with Crippen molar-refractivity contribution in [2.24, 2.45) is 0 Å². The number of nitrogens with one attached hydrogen (secondary N) is 1. The zero-order valence-electron chi connectivity index (χ0n) is 9.53. The molecule has 0 aliphatic carbocycles. The number of hydrogen-bond acceptors (Lipinski definition) is 3. The van der Waals surface area contributed by atoms with E-state index in [1.54, 1.807) is 0 Å². The van der Waals surface area contributed by atoms with Gasteiger partial charge in [0.15, 0.2) is 0 Å². The van der Waals surface area contributed by atoms with Crippen molar-refractivity contribution in [1.82, 2.24) is 9.78 Å². The summed E-state index contributed by atoms with van der Waals surface area (Å²) < 4.78 is 30.2. The second-order valence-electron chi connectivity index (χ2n) is 3.34. The van der Waals surface area contributed by atoms with Crippen LogP contribution in [0.5, 0.6) is 0 Å². The van der Waals surface area contributed by atoms with Gasteiger partial charge in [0.25, 0.3) is 6.43 Å². The molecule has 1 rings (SSSR count). The van der Waals surface area contributed by atoms with Crippen molar-refractivity contribution < 1.29 is 18.3 Å². The molecule has 0 saturated carbocycles. The fourth-order valence-corrected chi connectivity index (χ4v) is 1.20. The van der Waals surface area contributed by atoms with Crippen LogP contribution in [0.4, 0.5) is 14.5 Å². The summed E-state index contributed by atoms with van der Waals surface area (Å²) in [7, 11) is 0. The minimum Gasteiger partial charge on any atom is -0.381 e. The monoisotopic (exact) mass is 247 g/mol. The molecule has 96 valence electrons. The highest BCUT2D eigenvalue weighted by Crippen LogP contribution is 2.07. The van der Waals surface area contributed by atoms with Crippen LogP contribution >= 0.6 is 0 Å². The van der Waals surface area contributed by atoms with Crippen LogP contribution in [0.25, 0.3) is 0 Å². The van der Waals surface area contributed by atoms with Gasteiger partial charge < -0.3 is 10.1 Å². The van der Waals surface area contributed by atoms with E-state index in [2.05, 4.69) is 10.4 Å². The lowest BCUT2D eigenvalue weighted by atomic mass is 10.4. The number of rotatable bonds is 7.